The van der Waals surface area contributed by atoms with Crippen molar-refractivity contribution in [1.29, 1.82) is 0 Å². The Hall–Kier alpha value is -3.05. The first-order chi connectivity index (χ1) is 11.8. The van der Waals surface area contributed by atoms with Crippen LogP contribution in [0.15, 0.2) is 90.2 Å². The van der Waals surface area contributed by atoms with E-state index in [9.17, 15) is 0 Å². The maximum atomic E-state index is 5.30. The van der Waals surface area contributed by atoms with E-state index in [4.69, 9.17) is 12.2 Å². The molecule has 24 heavy (non-hydrogen) atoms. The van der Waals surface area contributed by atoms with Crippen molar-refractivity contribution in [1.82, 2.24) is 10.4 Å². The molecular formula is C19H16N4S. The van der Waals surface area contributed by atoms with Crippen LogP contribution in [0.1, 0.15) is 11.3 Å². The third-order valence-electron chi connectivity index (χ3n) is 3.26. The van der Waals surface area contributed by atoms with Gasteiger partial charge < -0.3 is 5.32 Å². The van der Waals surface area contributed by atoms with Crippen molar-refractivity contribution in [3.05, 3.63) is 96.3 Å². The molecule has 0 radical (unpaired) electrons. The number of aromatic nitrogens is 1. The number of benzene rings is 2. The summed E-state index contributed by atoms with van der Waals surface area (Å²) in [7, 11) is 0. The second-order valence-corrected chi connectivity index (χ2v) is 5.38. The smallest absolute Gasteiger partial charge is 0.191 e. The lowest BCUT2D eigenvalue weighted by Crippen LogP contribution is -2.25. The maximum Gasteiger partial charge on any atom is 0.191 e. The van der Waals surface area contributed by atoms with Gasteiger partial charge >= 0.3 is 0 Å². The number of rotatable bonds is 4. The highest BCUT2D eigenvalue weighted by Gasteiger charge is 2.08. The van der Waals surface area contributed by atoms with Crippen LogP contribution in [0, 0.1) is 0 Å². The van der Waals surface area contributed by atoms with Gasteiger partial charge in [-0.1, -0.05) is 54.6 Å². The molecule has 0 aliphatic heterocycles. The Morgan fingerprint density at radius 1 is 0.833 bits per heavy atom. The Morgan fingerprint density at radius 2 is 1.50 bits per heavy atom. The highest BCUT2D eigenvalue weighted by atomic mass is 32.1. The Bertz CT molecular complexity index is 776. The van der Waals surface area contributed by atoms with Gasteiger partial charge in [0.2, 0.25) is 0 Å². The van der Waals surface area contributed by atoms with Gasteiger partial charge in [-0.05, 0) is 36.5 Å². The topological polar surface area (TPSA) is 49.3 Å². The Morgan fingerprint density at radius 3 is 2.17 bits per heavy atom. The average molecular weight is 332 g/mol. The zero-order chi connectivity index (χ0) is 16.6. The monoisotopic (exact) mass is 332 g/mol. The molecule has 3 aromatic rings. The molecule has 0 bridgehead atoms. The van der Waals surface area contributed by atoms with E-state index in [1.54, 1.807) is 6.20 Å². The van der Waals surface area contributed by atoms with Crippen molar-refractivity contribution in [3.63, 3.8) is 0 Å². The van der Waals surface area contributed by atoms with Crippen molar-refractivity contribution >= 4 is 28.7 Å². The number of hydrogen-bond donors (Lipinski definition) is 2. The molecule has 2 N–H and O–H groups in total. The number of pyridine rings is 1. The van der Waals surface area contributed by atoms with Crippen molar-refractivity contribution in [2.75, 3.05) is 5.32 Å². The van der Waals surface area contributed by atoms with Crippen LogP contribution in [-0.2, 0) is 0 Å². The number of hydrogen-bond acceptors (Lipinski definition) is 3. The van der Waals surface area contributed by atoms with Crippen molar-refractivity contribution < 1.29 is 0 Å². The average Bonchev–Trinajstić information content (AvgIpc) is 2.64. The molecule has 0 aliphatic carbocycles. The molecular weight excluding hydrogens is 316 g/mol. The fourth-order valence-corrected chi connectivity index (χ4v) is 2.32. The summed E-state index contributed by atoms with van der Waals surface area (Å²) in [6.07, 6.45) is 1.74. The lowest BCUT2D eigenvalue weighted by Gasteiger charge is -2.10. The summed E-state index contributed by atoms with van der Waals surface area (Å²) in [5, 5.41) is 7.98. The third kappa shape index (κ3) is 4.24. The molecule has 1 aromatic heterocycles. The van der Waals surface area contributed by atoms with Crippen molar-refractivity contribution in [2.24, 2.45) is 5.10 Å². The lowest BCUT2D eigenvalue weighted by molar-refractivity contribution is 1.04. The predicted octanol–water partition coefficient (Wildman–Crippen LogP) is 3.82. The van der Waals surface area contributed by atoms with E-state index in [1.165, 1.54) is 0 Å². The van der Waals surface area contributed by atoms with Crippen LogP contribution in [0.4, 0.5) is 5.69 Å². The maximum absolute atomic E-state index is 5.30. The SMILES string of the molecule is S=C(N/N=C(/c1ccccc1)c1ccccn1)Nc1ccccc1. The second kappa shape index (κ2) is 7.99. The summed E-state index contributed by atoms with van der Waals surface area (Å²) in [6.45, 7) is 0. The van der Waals surface area contributed by atoms with Crippen LogP contribution in [0.3, 0.4) is 0 Å². The molecule has 0 saturated heterocycles. The number of para-hydroxylation sites is 1. The first-order valence-electron chi connectivity index (χ1n) is 7.49. The quantitative estimate of drug-likeness (QED) is 0.433. The van der Waals surface area contributed by atoms with E-state index in [0.717, 1.165) is 22.7 Å². The molecule has 0 fully saturated rings. The summed E-state index contributed by atoms with van der Waals surface area (Å²) in [6, 6.07) is 25.3. The Balaban J connectivity index is 1.81. The molecule has 0 amide bonds. The van der Waals surface area contributed by atoms with E-state index in [0.29, 0.717) is 5.11 Å². The van der Waals surface area contributed by atoms with Gasteiger partial charge in [0.25, 0.3) is 0 Å². The third-order valence-corrected chi connectivity index (χ3v) is 3.45. The van der Waals surface area contributed by atoms with Gasteiger partial charge in [0, 0.05) is 17.4 Å². The number of nitrogens with one attached hydrogen (secondary N) is 2. The molecule has 3 rings (SSSR count). The van der Waals surface area contributed by atoms with Crippen LogP contribution in [0.2, 0.25) is 0 Å². The van der Waals surface area contributed by atoms with Gasteiger partial charge in [-0.3, -0.25) is 10.4 Å². The van der Waals surface area contributed by atoms with Gasteiger partial charge in [0.05, 0.1) is 5.69 Å². The molecule has 118 valence electrons. The van der Waals surface area contributed by atoms with E-state index in [-0.39, 0.29) is 0 Å². The summed E-state index contributed by atoms with van der Waals surface area (Å²) in [4.78, 5) is 4.38. The van der Waals surface area contributed by atoms with E-state index < -0.39 is 0 Å². The lowest BCUT2D eigenvalue weighted by atomic mass is 10.1. The van der Waals surface area contributed by atoms with Gasteiger partial charge in [0.15, 0.2) is 5.11 Å². The zero-order valence-electron chi connectivity index (χ0n) is 12.9. The summed E-state index contributed by atoms with van der Waals surface area (Å²) in [5.41, 5.74) is 6.27. The number of thiocarbonyl (C=S) groups is 1. The van der Waals surface area contributed by atoms with Crippen LogP contribution < -0.4 is 10.7 Å². The summed E-state index contributed by atoms with van der Waals surface area (Å²) < 4.78 is 0. The van der Waals surface area contributed by atoms with Crippen molar-refractivity contribution in [3.8, 4) is 0 Å². The number of anilines is 1. The molecule has 0 saturated carbocycles. The van der Waals surface area contributed by atoms with Crippen LogP contribution in [0.25, 0.3) is 0 Å². The molecule has 0 unspecified atom stereocenters. The fourth-order valence-electron chi connectivity index (χ4n) is 2.16. The Labute approximate surface area is 146 Å². The molecule has 2 aromatic carbocycles. The van der Waals surface area contributed by atoms with Crippen molar-refractivity contribution in [2.45, 2.75) is 0 Å². The van der Waals surface area contributed by atoms with Crippen LogP contribution in [-0.4, -0.2) is 15.8 Å². The van der Waals surface area contributed by atoms with Gasteiger partial charge in [-0.15, -0.1) is 0 Å². The normalized spacial score (nSPS) is 10.9. The van der Waals surface area contributed by atoms with Crippen LogP contribution in [0.5, 0.6) is 0 Å². The molecule has 0 aliphatic rings. The largest absolute Gasteiger partial charge is 0.331 e. The van der Waals surface area contributed by atoms with E-state index in [2.05, 4.69) is 20.8 Å². The molecule has 5 heteroatoms. The van der Waals surface area contributed by atoms with E-state index in [1.807, 2.05) is 78.9 Å². The predicted molar refractivity (Wildman–Crippen MR) is 102 cm³/mol. The number of nitrogens with zero attached hydrogens (tertiary/aromatic N) is 2. The van der Waals surface area contributed by atoms with E-state index >= 15 is 0 Å². The zero-order valence-corrected chi connectivity index (χ0v) is 13.7. The molecule has 1 heterocycles. The molecule has 0 atom stereocenters. The van der Waals surface area contributed by atoms with Gasteiger partial charge in [-0.25, -0.2) is 0 Å². The number of hydrazone groups is 1. The highest BCUT2D eigenvalue weighted by molar-refractivity contribution is 7.80. The fraction of sp³-hybridized carbons (Fsp3) is 0. The minimum atomic E-state index is 0.422. The summed E-state index contributed by atoms with van der Waals surface area (Å²) >= 11 is 5.30. The Kier molecular flexibility index (Phi) is 5.27. The minimum absolute atomic E-state index is 0.422. The second-order valence-electron chi connectivity index (χ2n) is 4.97. The first kappa shape index (κ1) is 15.8. The minimum Gasteiger partial charge on any atom is -0.331 e. The first-order valence-corrected chi connectivity index (χ1v) is 7.90. The molecule has 0 spiro atoms. The standard InChI is InChI=1S/C19H16N4S/c24-19(21-16-11-5-2-6-12-16)23-22-18(15-9-3-1-4-10-15)17-13-7-8-14-20-17/h1-14H,(H2,21,23,24)/b22-18-. The summed E-state index contributed by atoms with van der Waals surface area (Å²) in [5.74, 6) is 0. The molecule has 4 nitrogen and oxygen atoms in total. The highest BCUT2D eigenvalue weighted by Crippen LogP contribution is 2.09. The van der Waals surface area contributed by atoms with Crippen LogP contribution >= 0.6 is 12.2 Å². The van der Waals surface area contributed by atoms with Gasteiger partial charge in [0.1, 0.15) is 5.71 Å². The van der Waals surface area contributed by atoms with Gasteiger partial charge in [-0.2, -0.15) is 5.10 Å².